The van der Waals surface area contributed by atoms with Crippen molar-refractivity contribution in [1.82, 2.24) is 0 Å². The van der Waals surface area contributed by atoms with Gasteiger partial charge in [0.2, 0.25) is 0 Å². The average molecular weight is 251 g/mol. The van der Waals surface area contributed by atoms with Gasteiger partial charge >= 0.3 is 84.1 Å². The van der Waals surface area contributed by atoms with Crippen LogP contribution in [0.5, 0.6) is 0 Å². The molecule has 0 rings (SSSR count). The van der Waals surface area contributed by atoms with Gasteiger partial charge in [-0.1, -0.05) is 0 Å². The molecule has 0 unspecified atom stereocenters. The number of nitrogens with two attached hydrogens (primary N) is 2. The number of aliphatic carboxylic acids is 1. The van der Waals surface area contributed by atoms with Crippen LogP contribution in [0.1, 0.15) is 6.42 Å². The Morgan fingerprint density at radius 3 is 2.77 bits per heavy atom. The van der Waals surface area contributed by atoms with Crippen LogP contribution in [0.25, 0.3) is 0 Å². The van der Waals surface area contributed by atoms with Crippen LogP contribution in [0.4, 0.5) is 0 Å². The molecular formula is C8H16N2O2Se. The second-order valence-corrected chi connectivity index (χ2v) is 4.93. The van der Waals surface area contributed by atoms with E-state index in [2.05, 4.69) is 0 Å². The summed E-state index contributed by atoms with van der Waals surface area (Å²) in [4.78, 5) is 10.3. The van der Waals surface area contributed by atoms with Crippen molar-refractivity contribution >= 4 is 20.9 Å². The van der Waals surface area contributed by atoms with Gasteiger partial charge in [-0.05, 0) is 0 Å². The van der Waals surface area contributed by atoms with Crippen LogP contribution >= 0.6 is 0 Å². The Morgan fingerprint density at radius 1 is 1.54 bits per heavy atom. The van der Waals surface area contributed by atoms with E-state index in [9.17, 15) is 4.79 Å². The molecule has 0 heterocycles. The monoisotopic (exact) mass is 252 g/mol. The van der Waals surface area contributed by atoms with Gasteiger partial charge in [-0.2, -0.15) is 0 Å². The van der Waals surface area contributed by atoms with Crippen molar-refractivity contribution in [3.05, 3.63) is 12.2 Å². The summed E-state index contributed by atoms with van der Waals surface area (Å²) in [6, 6.07) is -0.694. The number of allylic oxidation sites excluding steroid dienone is 1. The molecule has 0 aromatic carbocycles. The fourth-order valence-corrected chi connectivity index (χ4v) is 2.45. The number of carboxylic acid groups (broad SMARTS) is 1. The van der Waals surface area contributed by atoms with E-state index >= 15 is 0 Å². The van der Waals surface area contributed by atoms with Crippen molar-refractivity contribution < 1.29 is 9.90 Å². The van der Waals surface area contributed by atoms with E-state index in [1.165, 1.54) is 0 Å². The topological polar surface area (TPSA) is 89.3 Å². The molecule has 0 amide bonds. The Hall–Kier alpha value is -0.351. The van der Waals surface area contributed by atoms with E-state index in [1.54, 1.807) is 0 Å². The van der Waals surface area contributed by atoms with Crippen molar-refractivity contribution in [3.8, 4) is 0 Å². The standard InChI is InChI=1S/C8H16N2O2Se/c9-4-1-2-5-13-6-3-7(10)8(11)12/h1-2,7H,3-6,9-10H2,(H,11,12)/b2-1+/t7-/m0/s1. The Balaban J connectivity index is 3.25. The minimum atomic E-state index is -0.909. The predicted octanol–water partition coefficient (Wildman–Crippen LogP) is -0.156. The van der Waals surface area contributed by atoms with Crippen molar-refractivity contribution in [2.45, 2.75) is 23.1 Å². The van der Waals surface area contributed by atoms with Gasteiger partial charge in [-0.15, -0.1) is 0 Å². The van der Waals surface area contributed by atoms with Gasteiger partial charge in [-0.25, -0.2) is 0 Å². The molecule has 0 aromatic heterocycles. The van der Waals surface area contributed by atoms with Gasteiger partial charge in [0.25, 0.3) is 0 Å². The molecule has 0 fully saturated rings. The second kappa shape index (κ2) is 8.26. The third kappa shape index (κ3) is 7.99. The summed E-state index contributed by atoms with van der Waals surface area (Å²) in [5.41, 5.74) is 10.6. The molecule has 1 atom stereocenters. The van der Waals surface area contributed by atoms with Crippen molar-refractivity contribution in [2.24, 2.45) is 11.5 Å². The molecule has 13 heavy (non-hydrogen) atoms. The van der Waals surface area contributed by atoms with E-state index in [0.29, 0.717) is 27.9 Å². The second-order valence-electron chi connectivity index (χ2n) is 2.52. The fraction of sp³-hybridized carbons (Fsp3) is 0.625. The first-order valence-electron chi connectivity index (χ1n) is 4.09. The number of hydrogen-bond acceptors (Lipinski definition) is 3. The molecular weight excluding hydrogens is 235 g/mol. The molecule has 0 bridgehead atoms. The first kappa shape index (κ1) is 12.6. The normalized spacial score (nSPS) is 13.4. The molecule has 0 saturated heterocycles. The Labute approximate surface area is 84.5 Å². The van der Waals surface area contributed by atoms with Crippen LogP contribution in [0.3, 0.4) is 0 Å². The molecule has 5 heteroatoms. The Morgan fingerprint density at radius 2 is 2.23 bits per heavy atom. The zero-order valence-corrected chi connectivity index (χ0v) is 9.19. The van der Waals surface area contributed by atoms with Crippen molar-refractivity contribution in [1.29, 1.82) is 0 Å². The van der Waals surface area contributed by atoms with Crippen LogP contribution in [0.15, 0.2) is 12.2 Å². The zero-order chi connectivity index (χ0) is 10.1. The first-order valence-corrected chi connectivity index (χ1v) is 6.52. The number of rotatable bonds is 7. The minimum absolute atomic E-state index is 0.457. The van der Waals surface area contributed by atoms with Gasteiger partial charge in [0.15, 0.2) is 0 Å². The fourth-order valence-electron chi connectivity index (χ4n) is 0.649. The van der Waals surface area contributed by atoms with Gasteiger partial charge < -0.3 is 0 Å². The molecule has 0 saturated carbocycles. The third-order valence-corrected chi connectivity index (χ3v) is 3.41. The molecule has 0 aromatic rings. The van der Waals surface area contributed by atoms with Gasteiger partial charge in [0.05, 0.1) is 0 Å². The van der Waals surface area contributed by atoms with Gasteiger partial charge in [-0.3, -0.25) is 0 Å². The number of hydrogen-bond donors (Lipinski definition) is 3. The predicted molar refractivity (Wildman–Crippen MR) is 53.8 cm³/mol. The Bertz CT molecular complexity index is 174. The van der Waals surface area contributed by atoms with E-state index in [1.807, 2.05) is 12.2 Å². The maximum atomic E-state index is 10.3. The Kier molecular flexibility index (Phi) is 8.03. The summed E-state index contributed by atoms with van der Waals surface area (Å²) < 4.78 is 0. The van der Waals surface area contributed by atoms with E-state index in [4.69, 9.17) is 16.6 Å². The van der Waals surface area contributed by atoms with Crippen LogP contribution in [-0.2, 0) is 4.79 Å². The first-order chi connectivity index (χ1) is 6.18. The molecule has 0 aliphatic heterocycles. The molecule has 0 spiro atoms. The van der Waals surface area contributed by atoms with Crippen LogP contribution in [-0.4, -0.2) is 38.6 Å². The SMILES string of the molecule is NC/C=C/C[Se]CC[C@H](N)C(=O)O. The van der Waals surface area contributed by atoms with E-state index in [-0.39, 0.29) is 0 Å². The molecule has 0 aliphatic carbocycles. The van der Waals surface area contributed by atoms with Gasteiger partial charge in [0, 0.05) is 0 Å². The summed E-state index contributed by atoms with van der Waals surface area (Å²) in [7, 11) is 0. The van der Waals surface area contributed by atoms with E-state index in [0.717, 1.165) is 10.6 Å². The summed E-state index contributed by atoms with van der Waals surface area (Å²) in [6.07, 6.45) is 4.52. The molecule has 5 N–H and O–H groups in total. The summed E-state index contributed by atoms with van der Waals surface area (Å²) >= 11 is 0.457. The summed E-state index contributed by atoms with van der Waals surface area (Å²) in [6.45, 7) is 0.574. The van der Waals surface area contributed by atoms with E-state index < -0.39 is 12.0 Å². The van der Waals surface area contributed by atoms with Crippen LogP contribution in [0.2, 0.25) is 10.6 Å². The number of carbonyl (C=O) groups is 1. The molecule has 4 nitrogen and oxygen atoms in total. The summed E-state index contributed by atoms with van der Waals surface area (Å²) in [5, 5.41) is 10.4. The molecule has 76 valence electrons. The molecule has 0 aliphatic rings. The van der Waals surface area contributed by atoms with Gasteiger partial charge in [0.1, 0.15) is 0 Å². The van der Waals surface area contributed by atoms with Crippen molar-refractivity contribution in [2.75, 3.05) is 6.54 Å². The molecule has 0 radical (unpaired) electrons. The van der Waals surface area contributed by atoms with Crippen molar-refractivity contribution in [3.63, 3.8) is 0 Å². The quantitative estimate of drug-likeness (QED) is 0.333. The maximum absolute atomic E-state index is 10.3. The zero-order valence-electron chi connectivity index (χ0n) is 7.48. The summed E-state index contributed by atoms with van der Waals surface area (Å²) in [5.74, 6) is -0.909. The number of carboxylic acids is 1. The van der Waals surface area contributed by atoms with Crippen LogP contribution in [0, 0.1) is 0 Å². The average Bonchev–Trinajstić information content (AvgIpc) is 2.10. The third-order valence-electron chi connectivity index (χ3n) is 1.41. The van der Waals surface area contributed by atoms with Crippen LogP contribution < -0.4 is 11.5 Å².